The van der Waals surface area contributed by atoms with Crippen molar-refractivity contribution in [3.05, 3.63) is 0 Å². The van der Waals surface area contributed by atoms with Gasteiger partial charge in [-0.1, -0.05) is 22.6 Å². The molecule has 0 radical (unpaired) electrons. The molecule has 1 aliphatic rings. The smallest absolute Gasteiger partial charge is 0.310 e. The molecule has 15 heavy (non-hydrogen) atoms. The highest BCUT2D eigenvalue weighted by atomic mass is 127. The molecular weight excluding hydrogens is 327 g/mol. The molecule has 1 saturated heterocycles. The van der Waals surface area contributed by atoms with Crippen LogP contribution < -0.4 is 5.32 Å². The molecule has 90 valence electrons. The van der Waals surface area contributed by atoms with Crippen molar-refractivity contribution < 1.29 is 17.6 Å². The number of hydrogen-bond donors (Lipinski definition) is 1. The Morgan fingerprint density at radius 1 is 1.47 bits per heavy atom. The first-order chi connectivity index (χ1) is 6.95. The molecule has 0 bridgehead atoms. The minimum absolute atomic E-state index is 0.0136. The van der Waals surface area contributed by atoms with Crippen molar-refractivity contribution in [1.82, 2.24) is 10.2 Å². The average molecular weight is 340 g/mol. The molecule has 0 aromatic heterocycles. The first-order valence-corrected chi connectivity index (χ1v) is 5.94. The lowest BCUT2D eigenvalue weighted by Gasteiger charge is -2.24. The molecule has 1 fully saturated rings. The highest BCUT2D eigenvalue weighted by Crippen LogP contribution is 2.31. The van der Waals surface area contributed by atoms with Crippen LogP contribution in [-0.2, 0) is 0 Å². The Morgan fingerprint density at radius 3 is 2.67 bits per heavy atom. The van der Waals surface area contributed by atoms with Gasteiger partial charge in [0.1, 0.15) is 6.67 Å². The SMILES string of the molecule is FCCNC1CCN(C(I)C(F)(F)F)C1. The summed E-state index contributed by atoms with van der Waals surface area (Å²) < 4.78 is 47.4. The van der Waals surface area contributed by atoms with E-state index >= 15 is 0 Å². The Hall–Kier alpha value is 0.370. The molecule has 2 atom stereocenters. The Bertz CT molecular complexity index is 200. The van der Waals surface area contributed by atoms with Crippen LogP contribution in [0.4, 0.5) is 17.6 Å². The number of nitrogens with one attached hydrogen (secondary N) is 1. The van der Waals surface area contributed by atoms with Gasteiger partial charge < -0.3 is 5.32 Å². The number of halogens is 5. The molecule has 1 N–H and O–H groups in total. The Morgan fingerprint density at radius 2 is 2.13 bits per heavy atom. The van der Waals surface area contributed by atoms with Crippen LogP contribution >= 0.6 is 22.6 Å². The third-order valence-electron chi connectivity index (χ3n) is 2.34. The highest BCUT2D eigenvalue weighted by molar-refractivity contribution is 14.1. The van der Waals surface area contributed by atoms with Gasteiger partial charge in [-0.15, -0.1) is 0 Å². The van der Waals surface area contributed by atoms with Gasteiger partial charge in [0.15, 0.2) is 4.05 Å². The highest BCUT2D eigenvalue weighted by Gasteiger charge is 2.43. The van der Waals surface area contributed by atoms with E-state index in [0.717, 1.165) is 0 Å². The molecule has 1 aliphatic heterocycles. The van der Waals surface area contributed by atoms with Gasteiger partial charge in [0, 0.05) is 25.7 Å². The molecule has 2 nitrogen and oxygen atoms in total. The summed E-state index contributed by atoms with van der Waals surface area (Å²) in [5.41, 5.74) is 0. The second-order valence-electron chi connectivity index (χ2n) is 3.50. The van der Waals surface area contributed by atoms with E-state index in [1.165, 1.54) is 27.5 Å². The predicted octanol–water partition coefficient (Wildman–Crippen LogP) is 1.94. The van der Waals surface area contributed by atoms with E-state index in [1.54, 1.807) is 0 Å². The van der Waals surface area contributed by atoms with Crippen LogP contribution in [0.5, 0.6) is 0 Å². The minimum Gasteiger partial charge on any atom is -0.310 e. The first kappa shape index (κ1) is 13.4. The fourth-order valence-electron chi connectivity index (χ4n) is 1.63. The number of hydrogen-bond acceptors (Lipinski definition) is 2. The van der Waals surface area contributed by atoms with Crippen LogP contribution in [0.15, 0.2) is 0 Å². The van der Waals surface area contributed by atoms with E-state index in [0.29, 0.717) is 19.5 Å². The molecule has 7 heteroatoms. The molecule has 0 amide bonds. The zero-order chi connectivity index (χ0) is 11.5. The third-order valence-corrected chi connectivity index (χ3v) is 3.83. The van der Waals surface area contributed by atoms with Gasteiger partial charge in [-0.25, -0.2) is 4.39 Å². The van der Waals surface area contributed by atoms with E-state index in [4.69, 9.17) is 0 Å². The summed E-state index contributed by atoms with van der Waals surface area (Å²) in [6.07, 6.45) is -3.54. The maximum Gasteiger partial charge on any atom is 0.413 e. The number of likely N-dealkylation sites (tertiary alicyclic amines) is 1. The Kier molecular flexibility index (Phi) is 5.04. The summed E-state index contributed by atoms with van der Waals surface area (Å²) in [7, 11) is 0. The standard InChI is InChI=1S/C8H13F4IN2/c9-2-3-14-6-1-4-15(5-6)7(13)8(10,11)12/h6-7,14H,1-5H2. The van der Waals surface area contributed by atoms with Gasteiger partial charge in [0.25, 0.3) is 0 Å². The topological polar surface area (TPSA) is 15.3 Å². The molecular formula is C8H13F4IN2. The summed E-state index contributed by atoms with van der Waals surface area (Å²) in [4.78, 5) is 1.37. The van der Waals surface area contributed by atoms with Crippen molar-refractivity contribution in [2.24, 2.45) is 0 Å². The molecule has 0 aromatic carbocycles. The minimum atomic E-state index is -4.18. The van der Waals surface area contributed by atoms with Crippen LogP contribution in [0.25, 0.3) is 0 Å². The molecule has 0 aliphatic carbocycles. The lowest BCUT2D eigenvalue weighted by molar-refractivity contribution is -0.150. The first-order valence-electron chi connectivity index (χ1n) is 4.69. The van der Waals surface area contributed by atoms with Gasteiger partial charge in [-0.3, -0.25) is 4.90 Å². The van der Waals surface area contributed by atoms with Crippen molar-refractivity contribution in [3.63, 3.8) is 0 Å². The second kappa shape index (κ2) is 5.62. The van der Waals surface area contributed by atoms with Gasteiger partial charge >= 0.3 is 6.18 Å². The monoisotopic (exact) mass is 340 g/mol. The summed E-state index contributed by atoms with van der Waals surface area (Å²) in [5.74, 6) is 0. The molecule has 0 aromatic rings. The quantitative estimate of drug-likeness (QED) is 0.364. The van der Waals surface area contributed by atoms with Crippen LogP contribution in [-0.4, -0.2) is 47.5 Å². The normalized spacial score (nSPS) is 25.8. The van der Waals surface area contributed by atoms with Gasteiger partial charge in [0.05, 0.1) is 0 Å². The van der Waals surface area contributed by atoms with Gasteiger partial charge in [-0.05, 0) is 6.42 Å². The summed E-state index contributed by atoms with van der Waals surface area (Å²) in [6.45, 7) is 0.490. The van der Waals surface area contributed by atoms with Crippen molar-refractivity contribution >= 4 is 22.6 Å². The van der Waals surface area contributed by atoms with E-state index in [-0.39, 0.29) is 12.6 Å². The zero-order valence-electron chi connectivity index (χ0n) is 8.03. The number of rotatable bonds is 4. The number of alkyl halides is 5. The average Bonchev–Trinajstić information content (AvgIpc) is 2.60. The zero-order valence-corrected chi connectivity index (χ0v) is 10.2. The van der Waals surface area contributed by atoms with Gasteiger partial charge in [0.2, 0.25) is 0 Å². The van der Waals surface area contributed by atoms with Crippen LogP contribution in [0.1, 0.15) is 6.42 Å². The summed E-state index contributed by atoms with van der Waals surface area (Å²) in [6, 6.07) is -0.0136. The lowest BCUT2D eigenvalue weighted by Crippen LogP contribution is -2.42. The Balaban J connectivity index is 2.35. The van der Waals surface area contributed by atoms with Crippen molar-refractivity contribution in [3.8, 4) is 0 Å². The van der Waals surface area contributed by atoms with Crippen molar-refractivity contribution in [2.45, 2.75) is 22.7 Å². The van der Waals surface area contributed by atoms with E-state index in [9.17, 15) is 17.6 Å². The van der Waals surface area contributed by atoms with Crippen LogP contribution in [0.2, 0.25) is 0 Å². The van der Waals surface area contributed by atoms with Crippen LogP contribution in [0.3, 0.4) is 0 Å². The maximum absolute atomic E-state index is 12.4. The number of nitrogens with zero attached hydrogens (tertiary/aromatic N) is 1. The predicted molar refractivity (Wildman–Crippen MR) is 57.8 cm³/mol. The fourth-order valence-corrected chi connectivity index (χ4v) is 2.13. The van der Waals surface area contributed by atoms with Crippen LogP contribution in [0, 0.1) is 0 Å². The molecule has 0 saturated carbocycles. The van der Waals surface area contributed by atoms with Crippen molar-refractivity contribution in [1.29, 1.82) is 0 Å². The summed E-state index contributed by atoms with van der Waals surface area (Å²) >= 11 is 1.40. The molecule has 0 spiro atoms. The fraction of sp³-hybridized carbons (Fsp3) is 1.00. The Labute approximate surface area is 99.5 Å². The van der Waals surface area contributed by atoms with Gasteiger partial charge in [-0.2, -0.15) is 13.2 Å². The second-order valence-corrected chi connectivity index (χ2v) is 4.68. The molecule has 1 rings (SSSR count). The summed E-state index contributed by atoms with van der Waals surface area (Å²) in [5, 5.41) is 2.88. The maximum atomic E-state index is 12.4. The van der Waals surface area contributed by atoms with E-state index < -0.39 is 16.9 Å². The molecule has 1 heterocycles. The van der Waals surface area contributed by atoms with E-state index in [2.05, 4.69) is 5.32 Å². The molecule has 2 unspecified atom stereocenters. The van der Waals surface area contributed by atoms with E-state index in [1.807, 2.05) is 0 Å². The third kappa shape index (κ3) is 4.03. The lowest BCUT2D eigenvalue weighted by atomic mass is 10.3. The van der Waals surface area contributed by atoms with Crippen molar-refractivity contribution in [2.75, 3.05) is 26.3 Å². The largest absolute Gasteiger partial charge is 0.413 e.